The Balaban J connectivity index is 1.44. The zero-order valence-corrected chi connectivity index (χ0v) is 18.6. The van der Waals surface area contributed by atoms with E-state index in [1.54, 1.807) is 13.4 Å². The van der Waals surface area contributed by atoms with E-state index in [2.05, 4.69) is 38.4 Å². The Bertz CT molecular complexity index is 840. The van der Waals surface area contributed by atoms with E-state index in [1.807, 2.05) is 12.1 Å². The van der Waals surface area contributed by atoms with Crippen LogP contribution in [0, 0.1) is 0 Å². The molecule has 31 heavy (non-hydrogen) atoms. The molecule has 168 valence electrons. The van der Waals surface area contributed by atoms with Gasteiger partial charge in [0.05, 0.1) is 19.8 Å². The first-order chi connectivity index (χ1) is 15.3. The molecule has 4 rings (SSSR count). The van der Waals surface area contributed by atoms with Crippen LogP contribution in [0.2, 0.25) is 0 Å². The Labute approximate surface area is 184 Å². The van der Waals surface area contributed by atoms with E-state index in [0.717, 1.165) is 74.2 Å². The van der Waals surface area contributed by atoms with Crippen LogP contribution in [0.5, 0.6) is 11.5 Å². The minimum Gasteiger partial charge on any atom is -0.497 e. The molecule has 0 unspecified atom stereocenters. The minimum atomic E-state index is 0.304. The number of nitrogens with zero attached hydrogens (tertiary/aromatic N) is 4. The van der Waals surface area contributed by atoms with E-state index in [1.165, 1.54) is 12.8 Å². The number of piperidine rings is 1. The third-order valence-electron chi connectivity index (χ3n) is 6.22. The predicted octanol–water partition coefficient (Wildman–Crippen LogP) is 3.48. The molecule has 2 heterocycles. The second kappa shape index (κ2) is 10.5. The van der Waals surface area contributed by atoms with Crippen molar-refractivity contribution in [2.75, 3.05) is 26.7 Å². The molecule has 0 radical (unpaired) electrons. The standard InChI is InChI=1S/C23H34N6O2/c1-3-24-23(29-12-10-17(11-13-29)22-26-16-27-28-22)25-15-18-8-9-20(30-2)14-21(18)31-19-6-4-5-7-19/h8-9,14,16-17,19H,3-7,10-13,15H2,1-2H3,(H,24,25)(H,26,27,28). The molecule has 0 bridgehead atoms. The van der Waals surface area contributed by atoms with Crippen LogP contribution in [-0.4, -0.2) is 58.9 Å². The number of methoxy groups -OCH3 is 1. The van der Waals surface area contributed by atoms with E-state index < -0.39 is 0 Å². The molecule has 1 aliphatic heterocycles. The zero-order chi connectivity index (χ0) is 21.5. The Morgan fingerprint density at radius 2 is 2.03 bits per heavy atom. The topological polar surface area (TPSA) is 87.7 Å². The number of ether oxygens (including phenoxy) is 2. The van der Waals surface area contributed by atoms with Gasteiger partial charge in [-0.25, -0.2) is 9.98 Å². The molecule has 1 aromatic carbocycles. The van der Waals surface area contributed by atoms with Gasteiger partial charge in [-0.3, -0.25) is 5.10 Å². The fraction of sp³-hybridized carbons (Fsp3) is 0.609. The summed E-state index contributed by atoms with van der Waals surface area (Å²) in [5.41, 5.74) is 1.10. The lowest BCUT2D eigenvalue weighted by Gasteiger charge is -2.33. The summed E-state index contributed by atoms with van der Waals surface area (Å²) in [5, 5.41) is 10.5. The summed E-state index contributed by atoms with van der Waals surface area (Å²) in [4.78, 5) is 11.6. The van der Waals surface area contributed by atoms with Crippen molar-refractivity contribution >= 4 is 5.96 Å². The molecule has 2 aliphatic rings. The molecule has 1 saturated carbocycles. The summed E-state index contributed by atoms with van der Waals surface area (Å²) in [5.74, 6) is 4.11. The quantitative estimate of drug-likeness (QED) is 0.521. The van der Waals surface area contributed by atoms with E-state index >= 15 is 0 Å². The Morgan fingerprint density at radius 1 is 1.23 bits per heavy atom. The highest BCUT2D eigenvalue weighted by atomic mass is 16.5. The molecule has 8 nitrogen and oxygen atoms in total. The van der Waals surface area contributed by atoms with Crippen molar-refractivity contribution < 1.29 is 9.47 Å². The maximum Gasteiger partial charge on any atom is 0.194 e. The number of nitrogens with one attached hydrogen (secondary N) is 2. The van der Waals surface area contributed by atoms with Crippen molar-refractivity contribution in [3.05, 3.63) is 35.9 Å². The maximum absolute atomic E-state index is 6.34. The molecule has 8 heteroatoms. The van der Waals surface area contributed by atoms with Gasteiger partial charge in [0.15, 0.2) is 5.96 Å². The van der Waals surface area contributed by atoms with Crippen molar-refractivity contribution in [1.29, 1.82) is 0 Å². The van der Waals surface area contributed by atoms with Gasteiger partial charge in [-0.15, -0.1) is 0 Å². The third-order valence-corrected chi connectivity index (χ3v) is 6.22. The number of benzene rings is 1. The number of aromatic amines is 1. The molecular weight excluding hydrogens is 392 g/mol. The second-order valence-electron chi connectivity index (χ2n) is 8.30. The number of likely N-dealkylation sites (tertiary alicyclic amines) is 1. The van der Waals surface area contributed by atoms with Crippen molar-refractivity contribution in [3.8, 4) is 11.5 Å². The van der Waals surface area contributed by atoms with Gasteiger partial charge in [-0.2, -0.15) is 5.10 Å². The van der Waals surface area contributed by atoms with Crippen LogP contribution in [0.25, 0.3) is 0 Å². The van der Waals surface area contributed by atoms with Crippen molar-refractivity contribution in [1.82, 2.24) is 25.4 Å². The van der Waals surface area contributed by atoms with Crippen LogP contribution >= 0.6 is 0 Å². The normalized spacial score (nSPS) is 18.4. The van der Waals surface area contributed by atoms with Crippen LogP contribution < -0.4 is 14.8 Å². The number of hydrogen-bond donors (Lipinski definition) is 2. The van der Waals surface area contributed by atoms with Gasteiger partial charge in [0.1, 0.15) is 23.7 Å². The van der Waals surface area contributed by atoms with E-state index in [9.17, 15) is 0 Å². The fourth-order valence-electron chi connectivity index (χ4n) is 4.45. The molecule has 1 aromatic heterocycles. The summed E-state index contributed by atoms with van der Waals surface area (Å²) in [6, 6.07) is 6.06. The zero-order valence-electron chi connectivity index (χ0n) is 18.6. The van der Waals surface area contributed by atoms with Crippen LogP contribution in [0.4, 0.5) is 0 Å². The molecule has 2 N–H and O–H groups in total. The minimum absolute atomic E-state index is 0.304. The molecule has 1 saturated heterocycles. The first-order valence-corrected chi connectivity index (χ1v) is 11.5. The monoisotopic (exact) mass is 426 g/mol. The Morgan fingerprint density at radius 3 is 2.71 bits per heavy atom. The van der Waals surface area contributed by atoms with Crippen LogP contribution in [0.15, 0.2) is 29.5 Å². The first kappa shape index (κ1) is 21.5. The van der Waals surface area contributed by atoms with Crippen LogP contribution in [0.1, 0.15) is 62.8 Å². The highest BCUT2D eigenvalue weighted by Crippen LogP contribution is 2.31. The number of aromatic nitrogens is 3. The molecule has 1 aliphatic carbocycles. The van der Waals surface area contributed by atoms with Gasteiger partial charge >= 0.3 is 0 Å². The molecule has 0 atom stereocenters. The Kier molecular flexibility index (Phi) is 7.27. The molecule has 0 amide bonds. The van der Waals surface area contributed by atoms with Gasteiger partial charge in [0, 0.05) is 37.2 Å². The summed E-state index contributed by atoms with van der Waals surface area (Å²) < 4.78 is 11.8. The van der Waals surface area contributed by atoms with Gasteiger partial charge in [0.2, 0.25) is 0 Å². The van der Waals surface area contributed by atoms with Gasteiger partial charge in [-0.1, -0.05) is 0 Å². The van der Waals surface area contributed by atoms with E-state index in [0.29, 0.717) is 18.6 Å². The van der Waals surface area contributed by atoms with E-state index in [4.69, 9.17) is 14.5 Å². The smallest absolute Gasteiger partial charge is 0.194 e. The third kappa shape index (κ3) is 5.48. The Hall–Kier alpha value is -2.77. The predicted molar refractivity (Wildman–Crippen MR) is 121 cm³/mol. The van der Waals surface area contributed by atoms with Crippen molar-refractivity contribution in [2.24, 2.45) is 4.99 Å². The van der Waals surface area contributed by atoms with Crippen LogP contribution in [-0.2, 0) is 6.54 Å². The number of guanidine groups is 1. The molecule has 0 spiro atoms. The number of H-pyrrole nitrogens is 1. The summed E-state index contributed by atoms with van der Waals surface area (Å²) >= 11 is 0. The van der Waals surface area contributed by atoms with Crippen molar-refractivity contribution in [3.63, 3.8) is 0 Å². The second-order valence-corrected chi connectivity index (χ2v) is 8.30. The van der Waals surface area contributed by atoms with Crippen LogP contribution in [0.3, 0.4) is 0 Å². The summed E-state index contributed by atoms with van der Waals surface area (Å²) in [6.45, 7) is 5.43. The molecule has 2 fully saturated rings. The average molecular weight is 427 g/mol. The lowest BCUT2D eigenvalue weighted by atomic mass is 9.96. The summed E-state index contributed by atoms with van der Waals surface area (Å²) in [7, 11) is 1.69. The molecule has 2 aromatic rings. The SMILES string of the molecule is CCNC(=NCc1ccc(OC)cc1OC1CCCC1)N1CCC(c2ncn[nH]2)CC1. The van der Waals surface area contributed by atoms with Gasteiger partial charge < -0.3 is 19.7 Å². The lowest BCUT2D eigenvalue weighted by molar-refractivity contribution is 0.207. The van der Waals surface area contributed by atoms with Gasteiger partial charge in [-0.05, 0) is 57.6 Å². The number of rotatable bonds is 7. The first-order valence-electron chi connectivity index (χ1n) is 11.5. The largest absolute Gasteiger partial charge is 0.497 e. The lowest BCUT2D eigenvalue weighted by Crippen LogP contribution is -2.45. The highest BCUT2D eigenvalue weighted by Gasteiger charge is 2.24. The van der Waals surface area contributed by atoms with Gasteiger partial charge in [0.25, 0.3) is 0 Å². The van der Waals surface area contributed by atoms with Crippen molar-refractivity contribution in [2.45, 2.75) is 64.0 Å². The maximum atomic E-state index is 6.34. The molecular formula is C23H34N6O2. The number of aliphatic imine (C=N–C) groups is 1. The highest BCUT2D eigenvalue weighted by molar-refractivity contribution is 5.80. The fourth-order valence-corrected chi connectivity index (χ4v) is 4.45. The average Bonchev–Trinajstić information content (AvgIpc) is 3.52. The number of hydrogen-bond acceptors (Lipinski definition) is 5. The van der Waals surface area contributed by atoms with E-state index in [-0.39, 0.29) is 0 Å². The summed E-state index contributed by atoms with van der Waals surface area (Å²) in [6.07, 6.45) is 8.72.